The van der Waals surface area contributed by atoms with Crippen LogP contribution in [0.2, 0.25) is 0 Å². The number of anilines is 2. The molecule has 1 aromatic carbocycles. The van der Waals surface area contributed by atoms with Gasteiger partial charge < -0.3 is 5.32 Å². The van der Waals surface area contributed by atoms with Crippen molar-refractivity contribution < 1.29 is 0 Å². The van der Waals surface area contributed by atoms with Gasteiger partial charge in [0.1, 0.15) is 17.0 Å². The highest BCUT2D eigenvalue weighted by atomic mass is 35.5. The van der Waals surface area contributed by atoms with Crippen molar-refractivity contribution in [3.05, 3.63) is 47.6 Å². The first-order chi connectivity index (χ1) is 9.36. The number of nitrogens with zero attached hydrogens (tertiary/aromatic N) is 2. The molecule has 3 nitrogen and oxygen atoms in total. The highest BCUT2D eigenvalue weighted by molar-refractivity contribution is 7.16. The van der Waals surface area contributed by atoms with E-state index in [2.05, 4.69) is 27.4 Å². The van der Waals surface area contributed by atoms with Gasteiger partial charge in [-0.1, -0.05) is 12.1 Å². The summed E-state index contributed by atoms with van der Waals surface area (Å²) in [6.45, 7) is 0. The predicted molar refractivity (Wildman–Crippen MR) is 81.6 cm³/mol. The standard InChI is InChI=1S/C14H12ClN3S/c15-7-5-10-1-3-11(4-2-10)18-13-12-6-8-19-14(12)17-9-16-13/h1-4,6,8-9H,5,7H2,(H,16,17,18). The highest BCUT2D eigenvalue weighted by Crippen LogP contribution is 2.26. The predicted octanol–water partition coefficient (Wildman–Crippen LogP) is 4.22. The molecule has 0 atom stereocenters. The molecule has 0 radical (unpaired) electrons. The Morgan fingerprint density at radius 3 is 2.74 bits per heavy atom. The summed E-state index contributed by atoms with van der Waals surface area (Å²) in [5, 5.41) is 6.40. The Morgan fingerprint density at radius 1 is 1.11 bits per heavy atom. The second-order valence-corrected chi connectivity index (χ2v) is 5.40. The van der Waals surface area contributed by atoms with Crippen LogP contribution < -0.4 is 5.32 Å². The third-order valence-corrected chi connectivity index (χ3v) is 3.87. The molecular formula is C14H12ClN3S. The van der Waals surface area contributed by atoms with E-state index in [9.17, 15) is 0 Å². The van der Waals surface area contributed by atoms with Crippen molar-refractivity contribution in [2.45, 2.75) is 6.42 Å². The summed E-state index contributed by atoms with van der Waals surface area (Å²) >= 11 is 7.34. The van der Waals surface area contributed by atoms with Crippen LogP contribution in [0.3, 0.4) is 0 Å². The molecule has 0 saturated carbocycles. The van der Waals surface area contributed by atoms with Crippen LogP contribution in [0, 0.1) is 0 Å². The summed E-state index contributed by atoms with van der Waals surface area (Å²) in [4.78, 5) is 9.53. The van der Waals surface area contributed by atoms with E-state index in [1.807, 2.05) is 23.6 Å². The van der Waals surface area contributed by atoms with Gasteiger partial charge in [-0.2, -0.15) is 0 Å². The Bertz CT molecular complexity index is 678. The minimum atomic E-state index is 0.647. The van der Waals surface area contributed by atoms with Crippen LogP contribution >= 0.6 is 22.9 Å². The van der Waals surface area contributed by atoms with E-state index in [0.29, 0.717) is 5.88 Å². The zero-order chi connectivity index (χ0) is 13.1. The molecular weight excluding hydrogens is 278 g/mol. The van der Waals surface area contributed by atoms with Crippen molar-refractivity contribution in [2.75, 3.05) is 11.2 Å². The topological polar surface area (TPSA) is 37.8 Å². The Labute approximate surface area is 120 Å². The lowest BCUT2D eigenvalue weighted by atomic mass is 10.1. The van der Waals surface area contributed by atoms with Gasteiger partial charge in [0.15, 0.2) is 0 Å². The fraction of sp³-hybridized carbons (Fsp3) is 0.143. The molecule has 96 valence electrons. The van der Waals surface area contributed by atoms with Gasteiger partial charge in [0.05, 0.1) is 5.39 Å². The van der Waals surface area contributed by atoms with Crippen LogP contribution in [0.1, 0.15) is 5.56 Å². The molecule has 0 aliphatic heterocycles. The van der Waals surface area contributed by atoms with Gasteiger partial charge in [0, 0.05) is 11.6 Å². The molecule has 0 saturated heterocycles. The van der Waals surface area contributed by atoms with Crippen molar-refractivity contribution in [1.29, 1.82) is 0 Å². The van der Waals surface area contributed by atoms with Gasteiger partial charge in [-0.05, 0) is 35.6 Å². The van der Waals surface area contributed by atoms with E-state index in [1.165, 1.54) is 5.56 Å². The summed E-state index contributed by atoms with van der Waals surface area (Å²) in [6, 6.07) is 10.3. The molecule has 0 amide bonds. The first-order valence-corrected chi connectivity index (χ1v) is 7.38. The van der Waals surface area contributed by atoms with E-state index in [0.717, 1.165) is 28.1 Å². The molecule has 0 fully saturated rings. The largest absolute Gasteiger partial charge is 0.340 e. The van der Waals surface area contributed by atoms with E-state index in [4.69, 9.17) is 11.6 Å². The second kappa shape index (κ2) is 5.55. The Hall–Kier alpha value is -1.65. The third-order valence-electron chi connectivity index (χ3n) is 2.86. The lowest BCUT2D eigenvalue weighted by Gasteiger charge is -2.07. The van der Waals surface area contributed by atoms with Crippen LogP contribution in [-0.4, -0.2) is 15.8 Å². The number of rotatable bonds is 4. The molecule has 5 heteroatoms. The van der Waals surface area contributed by atoms with E-state index in [-0.39, 0.29) is 0 Å². The first-order valence-electron chi connectivity index (χ1n) is 5.97. The zero-order valence-electron chi connectivity index (χ0n) is 10.1. The number of thiophene rings is 1. The van der Waals surface area contributed by atoms with Crippen molar-refractivity contribution in [3.63, 3.8) is 0 Å². The number of hydrogen-bond acceptors (Lipinski definition) is 4. The summed E-state index contributed by atoms with van der Waals surface area (Å²) in [7, 11) is 0. The van der Waals surface area contributed by atoms with Gasteiger partial charge in [-0.25, -0.2) is 9.97 Å². The number of benzene rings is 1. The maximum atomic E-state index is 5.73. The average molecular weight is 290 g/mol. The molecule has 0 aliphatic rings. The van der Waals surface area contributed by atoms with Crippen LogP contribution in [0.15, 0.2) is 42.0 Å². The number of nitrogens with one attached hydrogen (secondary N) is 1. The molecule has 0 unspecified atom stereocenters. The minimum Gasteiger partial charge on any atom is -0.340 e. The van der Waals surface area contributed by atoms with Gasteiger partial charge in [-0.15, -0.1) is 22.9 Å². The molecule has 3 aromatic rings. The molecule has 1 N–H and O–H groups in total. The van der Waals surface area contributed by atoms with Crippen LogP contribution in [0.4, 0.5) is 11.5 Å². The van der Waals surface area contributed by atoms with Crippen molar-refractivity contribution >= 4 is 44.7 Å². The SMILES string of the molecule is ClCCc1ccc(Nc2ncnc3sccc23)cc1. The number of fused-ring (bicyclic) bond motifs is 1. The number of aryl methyl sites for hydroxylation is 1. The van der Waals surface area contributed by atoms with E-state index in [1.54, 1.807) is 17.7 Å². The van der Waals surface area contributed by atoms with Crippen LogP contribution in [-0.2, 0) is 6.42 Å². The number of halogens is 1. The van der Waals surface area contributed by atoms with Crippen LogP contribution in [0.25, 0.3) is 10.2 Å². The smallest absolute Gasteiger partial charge is 0.142 e. The Morgan fingerprint density at radius 2 is 1.95 bits per heavy atom. The van der Waals surface area contributed by atoms with Crippen molar-refractivity contribution in [1.82, 2.24) is 9.97 Å². The normalized spacial score (nSPS) is 10.8. The summed E-state index contributed by atoms with van der Waals surface area (Å²) < 4.78 is 0. The van der Waals surface area contributed by atoms with Gasteiger partial charge in [-0.3, -0.25) is 0 Å². The summed E-state index contributed by atoms with van der Waals surface area (Å²) in [5.41, 5.74) is 2.26. The summed E-state index contributed by atoms with van der Waals surface area (Å²) in [6.07, 6.45) is 2.48. The molecule has 2 aromatic heterocycles. The van der Waals surface area contributed by atoms with Crippen molar-refractivity contribution in [3.8, 4) is 0 Å². The quantitative estimate of drug-likeness (QED) is 0.731. The maximum Gasteiger partial charge on any atom is 0.142 e. The molecule has 0 spiro atoms. The van der Waals surface area contributed by atoms with E-state index < -0.39 is 0 Å². The molecule has 2 heterocycles. The maximum absolute atomic E-state index is 5.73. The summed E-state index contributed by atoms with van der Waals surface area (Å²) in [5.74, 6) is 1.49. The Balaban J connectivity index is 1.86. The molecule has 0 aliphatic carbocycles. The molecule has 3 rings (SSSR count). The number of alkyl halides is 1. The molecule has 0 bridgehead atoms. The molecule has 19 heavy (non-hydrogen) atoms. The van der Waals surface area contributed by atoms with Crippen molar-refractivity contribution in [2.24, 2.45) is 0 Å². The highest BCUT2D eigenvalue weighted by Gasteiger charge is 2.04. The fourth-order valence-corrected chi connectivity index (χ4v) is 2.84. The first kappa shape index (κ1) is 12.4. The Kier molecular flexibility index (Phi) is 3.62. The van der Waals surface area contributed by atoms with Gasteiger partial charge in [0.25, 0.3) is 0 Å². The lowest BCUT2D eigenvalue weighted by Crippen LogP contribution is -1.95. The average Bonchev–Trinajstić information content (AvgIpc) is 2.91. The van der Waals surface area contributed by atoms with Gasteiger partial charge in [0.2, 0.25) is 0 Å². The second-order valence-electron chi connectivity index (χ2n) is 4.12. The van der Waals surface area contributed by atoms with Gasteiger partial charge >= 0.3 is 0 Å². The zero-order valence-corrected chi connectivity index (χ0v) is 11.7. The minimum absolute atomic E-state index is 0.647. The fourth-order valence-electron chi connectivity index (χ4n) is 1.89. The number of hydrogen-bond donors (Lipinski definition) is 1. The lowest BCUT2D eigenvalue weighted by molar-refractivity contribution is 1.15. The van der Waals surface area contributed by atoms with Crippen LogP contribution in [0.5, 0.6) is 0 Å². The third kappa shape index (κ3) is 2.69. The number of aromatic nitrogens is 2. The monoisotopic (exact) mass is 289 g/mol. The van der Waals surface area contributed by atoms with E-state index >= 15 is 0 Å².